The molecule has 4 unspecified atom stereocenters. The van der Waals surface area contributed by atoms with Gasteiger partial charge >= 0.3 is 0 Å². The summed E-state index contributed by atoms with van der Waals surface area (Å²) in [5.74, 6) is 3.01. The number of fused-ring (bicyclic) bond motifs is 2. The van der Waals surface area contributed by atoms with Crippen molar-refractivity contribution in [3.8, 4) is 0 Å². The minimum absolute atomic E-state index is 0.0315. The summed E-state index contributed by atoms with van der Waals surface area (Å²) in [4.78, 5) is 0. The van der Waals surface area contributed by atoms with Crippen molar-refractivity contribution in [1.82, 2.24) is 5.32 Å². The molecule has 4 atom stereocenters. The zero-order valence-electron chi connectivity index (χ0n) is 13.4. The molecule has 2 aliphatic carbocycles. The summed E-state index contributed by atoms with van der Waals surface area (Å²) in [6.07, 6.45) is 9.68. The van der Waals surface area contributed by atoms with E-state index >= 15 is 0 Å². The van der Waals surface area contributed by atoms with Crippen molar-refractivity contribution in [2.45, 2.75) is 77.4 Å². The molecule has 0 aromatic rings. The molecule has 112 valence electrons. The van der Waals surface area contributed by atoms with Crippen LogP contribution in [0.4, 0.5) is 0 Å². The van der Waals surface area contributed by atoms with E-state index in [9.17, 15) is 0 Å². The smallest absolute Gasteiger partial charge is 0.0623 e. The van der Waals surface area contributed by atoms with Gasteiger partial charge in [0.15, 0.2) is 0 Å². The van der Waals surface area contributed by atoms with Crippen LogP contribution in [0.25, 0.3) is 0 Å². The molecule has 2 nitrogen and oxygen atoms in total. The quantitative estimate of drug-likeness (QED) is 0.718. The van der Waals surface area contributed by atoms with Crippen molar-refractivity contribution < 1.29 is 4.74 Å². The highest BCUT2D eigenvalue weighted by atomic mass is 16.5. The van der Waals surface area contributed by atoms with E-state index in [2.05, 4.69) is 26.1 Å². The van der Waals surface area contributed by atoms with Gasteiger partial charge in [-0.15, -0.1) is 0 Å². The molecule has 2 saturated carbocycles. The predicted octanol–water partition coefficient (Wildman–Crippen LogP) is 4.00. The third kappa shape index (κ3) is 3.95. The monoisotopic (exact) mass is 267 g/mol. The highest BCUT2D eigenvalue weighted by molar-refractivity contribution is 4.95. The normalized spacial score (nSPS) is 31.9. The average molecular weight is 267 g/mol. The maximum atomic E-state index is 5.59. The van der Waals surface area contributed by atoms with Crippen LogP contribution in [0.15, 0.2) is 0 Å². The molecule has 0 amide bonds. The molecule has 0 saturated heterocycles. The first-order valence-corrected chi connectivity index (χ1v) is 8.34. The van der Waals surface area contributed by atoms with Crippen LogP contribution in [0, 0.1) is 17.8 Å². The summed E-state index contributed by atoms with van der Waals surface area (Å²) < 4.78 is 5.59. The van der Waals surface area contributed by atoms with Gasteiger partial charge in [-0.2, -0.15) is 0 Å². The van der Waals surface area contributed by atoms with Crippen LogP contribution in [-0.2, 0) is 4.74 Å². The lowest BCUT2D eigenvalue weighted by Gasteiger charge is -2.34. The van der Waals surface area contributed by atoms with Gasteiger partial charge in [-0.3, -0.25) is 0 Å². The fourth-order valence-electron chi connectivity index (χ4n) is 4.19. The van der Waals surface area contributed by atoms with Gasteiger partial charge in [-0.05, 0) is 76.7 Å². The zero-order valence-corrected chi connectivity index (χ0v) is 13.4. The molecule has 0 aliphatic heterocycles. The number of nitrogens with one attached hydrogen (secondary N) is 1. The van der Waals surface area contributed by atoms with E-state index in [-0.39, 0.29) is 5.60 Å². The van der Waals surface area contributed by atoms with E-state index in [1.165, 1.54) is 51.5 Å². The van der Waals surface area contributed by atoms with Gasteiger partial charge in [0.2, 0.25) is 0 Å². The molecule has 2 rings (SSSR count). The minimum atomic E-state index is 0.0315. The van der Waals surface area contributed by atoms with Crippen LogP contribution in [-0.4, -0.2) is 25.3 Å². The van der Waals surface area contributed by atoms with Gasteiger partial charge in [0.05, 0.1) is 5.60 Å². The Morgan fingerprint density at radius 1 is 1.26 bits per heavy atom. The summed E-state index contributed by atoms with van der Waals surface area (Å²) in [5.41, 5.74) is 0.0315. The lowest BCUT2D eigenvalue weighted by Crippen LogP contribution is -2.40. The Morgan fingerprint density at radius 3 is 2.58 bits per heavy atom. The van der Waals surface area contributed by atoms with Crippen molar-refractivity contribution >= 4 is 0 Å². The van der Waals surface area contributed by atoms with Crippen molar-refractivity contribution in [2.75, 3.05) is 13.7 Å². The SMILES string of the molecule is CCCNC(CCC(C)(C)OC)C1CC2CCC1C2. The second kappa shape index (κ2) is 6.58. The lowest BCUT2D eigenvalue weighted by atomic mass is 9.80. The van der Waals surface area contributed by atoms with E-state index in [1.54, 1.807) is 0 Å². The van der Waals surface area contributed by atoms with Crippen LogP contribution in [0.2, 0.25) is 0 Å². The van der Waals surface area contributed by atoms with Crippen molar-refractivity contribution in [2.24, 2.45) is 17.8 Å². The van der Waals surface area contributed by atoms with E-state index < -0.39 is 0 Å². The first-order valence-electron chi connectivity index (χ1n) is 8.34. The molecule has 0 heterocycles. The maximum Gasteiger partial charge on any atom is 0.0623 e. The number of hydrogen-bond donors (Lipinski definition) is 1. The molecular formula is C17H33NO. The summed E-state index contributed by atoms with van der Waals surface area (Å²) >= 11 is 0. The first-order chi connectivity index (χ1) is 9.05. The van der Waals surface area contributed by atoms with E-state index in [0.29, 0.717) is 0 Å². The lowest BCUT2D eigenvalue weighted by molar-refractivity contribution is 0.00919. The van der Waals surface area contributed by atoms with Gasteiger partial charge in [-0.1, -0.05) is 13.3 Å². The van der Waals surface area contributed by atoms with Crippen LogP contribution in [0.1, 0.15) is 65.7 Å². The molecule has 0 radical (unpaired) electrons. The van der Waals surface area contributed by atoms with Crippen LogP contribution in [0.5, 0.6) is 0 Å². The number of rotatable bonds is 8. The highest BCUT2D eigenvalue weighted by Crippen LogP contribution is 2.50. The van der Waals surface area contributed by atoms with Crippen LogP contribution >= 0.6 is 0 Å². The predicted molar refractivity (Wildman–Crippen MR) is 81.3 cm³/mol. The fraction of sp³-hybridized carbons (Fsp3) is 1.00. The maximum absolute atomic E-state index is 5.59. The average Bonchev–Trinajstić information content (AvgIpc) is 3.01. The topological polar surface area (TPSA) is 21.3 Å². The molecule has 0 spiro atoms. The Labute approximate surface area is 119 Å². The van der Waals surface area contributed by atoms with Crippen molar-refractivity contribution in [1.29, 1.82) is 0 Å². The molecule has 2 bridgehead atoms. The van der Waals surface area contributed by atoms with Gasteiger partial charge in [-0.25, -0.2) is 0 Å². The second-order valence-electron chi connectivity index (χ2n) is 7.40. The summed E-state index contributed by atoms with van der Waals surface area (Å²) in [6, 6.07) is 0.727. The molecule has 0 aromatic heterocycles. The van der Waals surface area contributed by atoms with Crippen LogP contribution < -0.4 is 5.32 Å². The molecule has 2 aliphatic rings. The molecule has 19 heavy (non-hydrogen) atoms. The third-order valence-electron chi connectivity index (χ3n) is 5.58. The molecule has 2 fully saturated rings. The Kier molecular flexibility index (Phi) is 5.30. The largest absolute Gasteiger partial charge is 0.379 e. The molecule has 1 N–H and O–H groups in total. The third-order valence-corrected chi connectivity index (χ3v) is 5.58. The van der Waals surface area contributed by atoms with Gasteiger partial charge < -0.3 is 10.1 Å². The van der Waals surface area contributed by atoms with Crippen molar-refractivity contribution in [3.63, 3.8) is 0 Å². The summed E-state index contributed by atoms with van der Waals surface area (Å²) in [6.45, 7) is 7.87. The van der Waals surface area contributed by atoms with E-state index in [1.807, 2.05) is 7.11 Å². The Balaban J connectivity index is 1.88. The van der Waals surface area contributed by atoms with Gasteiger partial charge in [0.1, 0.15) is 0 Å². The summed E-state index contributed by atoms with van der Waals surface area (Å²) in [5, 5.41) is 3.84. The first kappa shape index (κ1) is 15.3. The number of hydrogen-bond acceptors (Lipinski definition) is 2. The molecule has 2 heteroatoms. The zero-order chi connectivity index (χ0) is 13.9. The fourth-order valence-corrected chi connectivity index (χ4v) is 4.19. The Hall–Kier alpha value is -0.0800. The molecular weight excluding hydrogens is 234 g/mol. The minimum Gasteiger partial charge on any atom is -0.379 e. The van der Waals surface area contributed by atoms with Gasteiger partial charge in [0.25, 0.3) is 0 Å². The van der Waals surface area contributed by atoms with E-state index in [4.69, 9.17) is 4.74 Å². The second-order valence-corrected chi connectivity index (χ2v) is 7.40. The Morgan fingerprint density at radius 2 is 2.05 bits per heavy atom. The van der Waals surface area contributed by atoms with Crippen LogP contribution in [0.3, 0.4) is 0 Å². The number of methoxy groups -OCH3 is 1. The Bertz CT molecular complexity index is 276. The molecule has 0 aromatic carbocycles. The van der Waals surface area contributed by atoms with Crippen molar-refractivity contribution in [3.05, 3.63) is 0 Å². The number of ether oxygens (including phenoxy) is 1. The highest BCUT2D eigenvalue weighted by Gasteiger charge is 2.42. The summed E-state index contributed by atoms with van der Waals surface area (Å²) in [7, 11) is 1.84. The van der Waals surface area contributed by atoms with Gasteiger partial charge in [0, 0.05) is 13.2 Å². The van der Waals surface area contributed by atoms with E-state index in [0.717, 1.165) is 23.8 Å². The standard InChI is InChI=1S/C17H33NO/c1-5-10-18-16(8-9-17(2,3)19-4)15-12-13-6-7-14(15)11-13/h13-16,18H,5-12H2,1-4H3.